The highest BCUT2D eigenvalue weighted by Gasteiger charge is 2.25. The molecule has 0 spiro atoms. The van der Waals surface area contributed by atoms with Crippen LogP contribution in [0.5, 0.6) is 11.5 Å². The Labute approximate surface area is 106 Å². The van der Waals surface area contributed by atoms with Gasteiger partial charge in [-0.1, -0.05) is 18.9 Å². The number of rotatable bonds is 2. The average Bonchev–Trinajstić information content (AvgIpc) is 2.35. The molecule has 1 aliphatic rings. The van der Waals surface area contributed by atoms with Gasteiger partial charge in [0.2, 0.25) is 0 Å². The van der Waals surface area contributed by atoms with Gasteiger partial charge in [0, 0.05) is 12.1 Å². The fourth-order valence-electron chi connectivity index (χ4n) is 2.30. The van der Waals surface area contributed by atoms with E-state index in [0.717, 1.165) is 25.7 Å². The van der Waals surface area contributed by atoms with Crippen LogP contribution in [0, 0.1) is 0 Å². The monoisotopic (exact) mass is 250 g/mol. The summed E-state index contributed by atoms with van der Waals surface area (Å²) in [5.41, 5.74) is 6.02. The molecule has 0 heterocycles. The van der Waals surface area contributed by atoms with Gasteiger partial charge >= 0.3 is 0 Å². The number of amides is 1. The molecule has 1 saturated carbocycles. The van der Waals surface area contributed by atoms with Crippen LogP contribution in [-0.2, 0) is 0 Å². The fourth-order valence-corrected chi connectivity index (χ4v) is 2.30. The van der Waals surface area contributed by atoms with Gasteiger partial charge in [0.1, 0.15) is 0 Å². The zero-order chi connectivity index (χ0) is 13.1. The van der Waals surface area contributed by atoms with E-state index >= 15 is 0 Å². The quantitative estimate of drug-likeness (QED) is 0.591. The van der Waals surface area contributed by atoms with Crippen molar-refractivity contribution < 1.29 is 15.0 Å². The number of nitrogens with one attached hydrogen (secondary N) is 1. The van der Waals surface area contributed by atoms with E-state index in [1.165, 1.54) is 18.2 Å². The lowest BCUT2D eigenvalue weighted by Crippen LogP contribution is -2.49. The van der Waals surface area contributed by atoms with Gasteiger partial charge in [-0.2, -0.15) is 0 Å². The maximum atomic E-state index is 12.0. The van der Waals surface area contributed by atoms with Crippen molar-refractivity contribution in [3.05, 3.63) is 23.8 Å². The Morgan fingerprint density at radius 1 is 1.28 bits per heavy atom. The number of hydrogen-bond acceptors (Lipinski definition) is 4. The number of phenolic OH excluding ortho intramolecular Hbond substituents is 2. The zero-order valence-electron chi connectivity index (χ0n) is 10.1. The van der Waals surface area contributed by atoms with Crippen molar-refractivity contribution in [2.45, 2.75) is 37.8 Å². The number of nitrogens with two attached hydrogens (primary N) is 1. The number of para-hydroxylation sites is 1. The summed E-state index contributed by atoms with van der Waals surface area (Å²) in [6.45, 7) is 0. The standard InChI is InChI=1S/C13H18N2O3/c14-9-5-1-2-6-10(9)15-13(18)8-4-3-7-11(16)12(8)17/h3-4,7,9-10,16-17H,1-2,5-6,14H2,(H,15,18)/t9-,10-/m1/s1. The molecule has 5 nitrogen and oxygen atoms in total. The van der Waals surface area contributed by atoms with Crippen LogP contribution in [0.4, 0.5) is 0 Å². The minimum Gasteiger partial charge on any atom is -0.504 e. The first-order valence-corrected chi connectivity index (χ1v) is 6.17. The molecule has 1 aliphatic carbocycles. The first-order chi connectivity index (χ1) is 8.59. The van der Waals surface area contributed by atoms with Gasteiger partial charge in [0.25, 0.3) is 5.91 Å². The fraction of sp³-hybridized carbons (Fsp3) is 0.462. The van der Waals surface area contributed by atoms with Gasteiger partial charge in [-0.15, -0.1) is 0 Å². The van der Waals surface area contributed by atoms with Crippen LogP contribution in [0.2, 0.25) is 0 Å². The highest BCUT2D eigenvalue weighted by atomic mass is 16.3. The number of carbonyl (C=O) groups is 1. The second kappa shape index (κ2) is 5.27. The van der Waals surface area contributed by atoms with Crippen LogP contribution in [0.25, 0.3) is 0 Å². The van der Waals surface area contributed by atoms with E-state index in [-0.39, 0.29) is 29.1 Å². The zero-order valence-corrected chi connectivity index (χ0v) is 10.1. The highest BCUT2D eigenvalue weighted by Crippen LogP contribution is 2.28. The first-order valence-electron chi connectivity index (χ1n) is 6.17. The summed E-state index contributed by atoms with van der Waals surface area (Å²) in [5.74, 6) is -1.08. The van der Waals surface area contributed by atoms with E-state index < -0.39 is 5.91 Å². The minimum absolute atomic E-state index is 0.0397. The van der Waals surface area contributed by atoms with Crippen molar-refractivity contribution >= 4 is 5.91 Å². The van der Waals surface area contributed by atoms with E-state index in [9.17, 15) is 15.0 Å². The van der Waals surface area contributed by atoms with Crippen molar-refractivity contribution in [2.24, 2.45) is 5.73 Å². The van der Waals surface area contributed by atoms with Crippen molar-refractivity contribution in [1.82, 2.24) is 5.32 Å². The van der Waals surface area contributed by atoms with Crippen molar-refractivity contribution in [3.8, 4) is 11.5 Å². The molecule has 0 aromatic heterocycles. The Hall–Kier alpha value is -1.75. The molecule has 18 heavy (non-hydrogen) atoms. The summed E-state index contributed by atoms with van der Waals surface area (Å²) in [7, 11) is 0. The predicted molar refractivity (Wildman–Crippen MR) is 67.5 cm³/mol. The van der Waals surface area contributed by atoms with Gasteiger partial charge in [-0.3, -0.25) is 4.79 Å². The van der Waals surface area contributed by atoms with Gasteiger partial charge in [0.15, 0.2) is 11.5 Å². The van der Waals surface area contributed by atoms with Crippen LogP contribution in [0.1, 0.15) is 36.0 Å². The SMILES string of the molecule is N[C@@H]1CCCC[C@H]1NC(=O)c1cccc(O)c1O. The lowest BCUT2D eigenvalue weighted by molar-refractivity contribution is 0.0918. The molecule has 5 N–H and O–H groups in total. The van der Waals surface area contributed by atoms with Crippen molar-refractivity contribution in [1.29, 1.82) is 0 Å². The molecule has 2 rings (SSSR count). The summed E-state index contributed by atoms with van der Waals surface area (Å²) in [5, 5.41) is 21.8. The lowest BCUT2D eigenvalue weighted by atomic mass is 9.91. The van der Waals surface area contributed by atoms with E-state index in [0.29, 0.717) is 0 Å². The normalized spacial score (nSPS) is 23.6. The average molecular weight is 250 g/mol. The molecule has 0 saturated heterocycles. The van der Waals surface area contributed by atoms with Crippen LogP contribution in [0.15, 0.2) is 18.2 Å². The molecule has 0 unspecified atom stereocenters. The molecule has 98 valence electrons. The van der Waals surface area contributed by atoms with Gasteiger partial charge < -0.3 is 21.3 Å². The highest BCUT2D eigenvalue weighted by molar-refractivity contribution is 5.97. The molecular weight excluding hydrogens is 232 g/mol. The van der Waals surface area contributed by atoms with E-state index in [1.807, 2.05) is 0 Å². The van der Waals surface area contributed by atoms with Gasteiger partial charge in [-0.25, -0.2) is 0 Å². The van der Waals surface area contributed by atoms with E-state index in [1.54, 1.807) is 0 Å². The number of aromatic hydroxyl groups is 2. The Kier molecular flexibility index (Phi) is 3.72. The molecule has 5 heteroatoms. The topological polar surface area (TPSA) is 95.6 Å². The van der Waals surface area contributed by atoms with Crippen LogP contribution in [0.3, 0.4) is 0 Å². The van der Waals surface area contributed by atoms with Gasteiger partial charge in [-0.05, 0) is 25.0 Å². The molecule has 1 fully saturated rings. The Morgan fingerprint density at radius 2 is 2.00 bits per heavy atom. The minimum atomic E-state index is -0.397. The van der Waals surface area contributed by atoms with Gasteiger partial charge in [0.05, 0.1) is 5.56 Å². The van der Waals surface area contributed by atoms with E-state index in [4.69, 9.17) is 5.73 Å². The summed E-state index contributed by atoms with van der Waals surface area (Å²) in [6.07, 6.45) is 3.89. The smallest absolute Gasteiger partial charge is 0.255 e. The summed E-state index contributed by atoms with van der Waals surface area (Å²) < 4.78 is 0. The van der Waals surface area contributed by atoms with Crippen molar-refractivity contribution in [3.63, 3.8) is 0 Å². The summed E-state index contributed by atoms with van der Waals surface area (Å²) in [4.78, 5) is 12.0. The maximum Gasteiger partial charge on any atom is 0.255 e. The van der Waals surface area contributed by atoms with Crippen molar-refractivity contribution in [2.75, 3.05) is 0 Å². The second-order valence-electron chi connectivity index (χ2n) is 4.70. The van der Waals surface area contributed by atoms with Crippen LogP contribution < -0.4 is 11.1 Å². The summed E-state index contributed by atoms with van der Waals surface area (Å²) in [6, 6.07) is 4.22. The Bertz CT molecular complexity index is 448. The molecule has 1 aromatic rings. The lowest BCUT2D eigenvalue weighted by Gasteiger charge is -2.29. The van der Waals surface area contributed by atoms with Crippen LogP contribution >= 0.6 is 0 Å². The molecular formula is C13H18N2O3. The van der Waals surface area contributed by atoms with E-state index in [2.05, 4.69) is 5.32 Å². The Morgan fingerprint density at radius 3 is 2.72 bits per heavy atom. The molecule has 2 atom stereocenters. The Balaban J connectivity index is 2.09. The first kappa shape index (κ1) is 12.7. The van der Waals surface area contributed by atoms with Crippen LogP contribution in [-0.4, -0.2) is 28.2 Å². The maximum absolute atomic E-state index is 12.0. The second-order valence-corrected chi connectivity index (χ2v) is 4.70. The number of benzene rings is 1. The summed E-state index contributed by atoms with van der Waals surface area (Å²) >= 11 is 0. The number of hydrogen-bond donors (Lipinski definition) is 4. The predicted octanol–water partition coefficient (Wildman–Crippen LogP) is 1.10. The molecule has 1 aromatic carbocycles. The molecule has 0 aliphatic heterocycles. The third kappa shape index (κ3) is 2.56. The largest absolute Gasteiger partial charge is 0.504 e. The molecule has 1 amide bonds. The third-order valence-electron chi connectivity index (χ3n) is 3.40. The number of carbonyl (C=O) groups excluding carboxylic acids is 1. The number of phenols is 2. The third-order valence-corrected chi connectivity index (χ3v) is 3.40. The molecule has 0 bridgehead atoms. The molecule has 0 radical (unpaired) electrons.